The van der Waals surface area contributed by atoms with Gasteiger partial charge in [0.2, 0.25) is 0 Å². The van der Waals surface area contributed by atoms with E-state index in [1.165, 1.54) is 4.90 Å². The van der Waals surface area contributed by atoms with Gasteiger partial charge < -0.3 is 10.0 Å². The summed E-state index contributed by atoms with van der Waals surface area (Å²) >= 11 is 5.72. The molecule has 1 amide bonds. The molecule has 0 aliphatic heterocycles. The number of alkyl halides is 1. The molecule has 0 aliphatic carbocycles. The molecule has 0 spiro atoms. The van der Waals surface area contributed by atoms with Crippen molar-refractivity contribution in [2.24, 2.45) is 0 Å². The Balaban J connectivity index is 2.81. The summed E-state index contributed by atoms with van der Waals surface area (Å²) in [5.74, 6) is 0.273. The van der Waals surface area contributed by atoms with Crippen LogP contribution in [0.1, 0.15) is 29.8 Å². The molecular weight excluding hydrogens is 238 g/mol. The van der Waals surface area contributed by atoms with Crippen molar-refractivity contribution in [3.63, 3.8) is 0 Å². The summed E-state index contributed by atoms with van der Waals surface area (Å²) in [7, 11) is 1.67. The summed E-state index contributed by atoms with van der Waals surface area (Å²) in [6, 6.07) is 7.21. The van der Waals surface area contributed by atoms with E-state index in [0.29, 0.717) is 11.4 Å². The summed E-state index contributed by atoms with van der Waals surface area (Å²) in [6.45, 7) is 3.63. The SMILES string of the molecule is CN(CC(C)(C)O)C(=O)c1cccc(CCl)c1. The minimum atomic E-state index is -0.894. The van der Waals surface area contributed by atoms with E-state index in [0.717, 1.165) is 5.56 Å². The predicted octanol–water partition coefficient (Wildman–Crippen LogP) is 2.27. The molecule has 1 N–H and O–H groups in total. The Morgan fingerprint density at radius 2 is 2.12 bits per heavy atom. The number of benzene rings is 1. The molecule has 3 nitrogen and oxygen atoms in total. The van der Waals surface area contributed by atoms with Crippen LogP contribution >= 0.6 is 11.6 Å². The zero-order valence-electron chi connectivity index (χ0n) is 10.4. The first kappa shape index (κ1) is 14.0. The number of rotatable bonds is 4. The first-order chi connectivity index (χ1) is 7.83. The van der Waals surface area contributed by atoms with Crippen molar-refractivity contribution in [3.05, 3.63) is 35.4 Å². The summed E-state index contributed by atoms with van der Waals surface area (Å²) in [4.78, 5) is 13.6. The van der Waals surface area contributed by atoms with Gasteiger partial charge in [-0.25, -0.2) is 0 Å². The lowest BCUT2D eigenvalue weighted by molar-refractivity contribution is 0.0368. The molecule has 0 atom stereocenters. The standard InChI is InChI=1S/C13H18ClNO2/c1-13(2,17)9-15(3)12(16)11-6-4-5-10(7-11)8-14/h4-7,17H,8-9H2,1-3H3. The van der Waals surface area contributed by atoms with Gasteiger partial charge in [0.25, 0.3) is 5.91 Å². The Kier molecular flexibility index (Phi) is 4.54. The van der Waals surface area contributed by atoms with Crippen molar-refractivity contribution < 1.29 is 9.90 Å². The second-order valence-corrected chi connectivity index (χ2v) is 5.07. The fourth-order valence-corrected chi connectivity index (χ4v) is 1.83. The van der Waals surface area contributed by atoms with Gasteiger partial charge in [-0.05, 0) is 31.5 Å². The van der Waals surface area contributed by atoms with E-state index in [2.05, 4.69) is 0 Å². The molecule has 0 saturated heterocycles. The quantitative estimate of drug-likeness (QED) is 0.839. The number of hydrogen-bond acceptors (Lipinski definition) is 2. The second kappa shape index (κ2) is 5.52. The molecule has 0 bridgehead atoms. The molecule has 0 radical (unpaired) electrons. The Hall–Kier alpha value is -1.06. The van der Waals surface area contributed by atoms with E-state index >= 15 is 0 Å². The van der Waals surface area contributed by atoms with Crippen LogP contribution in [-0.4, -0.2) is 35.1 Å². The highest BCUT2D eigenvalue weighted by Gasteiger charge is 2.20. The topological polar surface area (TPSA) is 40.5 Å². The maximum atomic E-state index is 12.1. The van der Waals surface area contributed by atoms with Crippen LogP contribution in [0.3, 0.4) is 0 Å². The summed E-state index contributed by atoms with van der Waals surface area (Å²) in [5, 5.41) is 9.67. The van der Waals surface area contributed by atoms with E-state index in [1.807, 2.05) is 12.1 Å². The number of amides is 1. The molecule has 17 heavy (non-hydrogen) atoms. The van der Waals surface area contributed by atoms with E-state index in [9.17, 15) is 9.90 Å². The van der Waals surface area contributed by atoms with Crippen molar-refractivity contribution in [1.29, 1.82) is 0 Å². The van der Waals surface area contributed by atoms with Crippen LogP contribution in [0.15, 0.2) is 24.3 Å². The first-order valence-electron chi connectivity index (χ1n) is 5.46. The van der Waals surface area contributed by atoms with Gasteiger partial charge in [-0.3, -0.25) is 4.79 Å². The van der Waals surface area contributed by atoms with Gasteiger partial charge in [-0.2, -0.15) is 0 Å². The maximum absolute atomic E-state index is 12.1. The highest BCUT2D eigenvalue weighted by molar-refractivity contribution is 6.17. The minimum Gasteiger partial charge on any atom is -0.389 e. The molecule has 1 aromatic carbocycles. The number of likely N-dealkylation sites (N-methyl/N-ethyl adjacent to an activating group) is 1. The van der Waals surface area contributed by atoms with Crippen molar-refractivity contribution in [2.45, 2.75) is 25.3 Å². The molecule has 0 fully saturated rings. The van der Waals surface area contributed by atoms with E-state index in [1.54, 1.807) is 33.0 Å². The Bertz CT molecular complexity index is 399. The number of nitrogens with zero attached hydrogens (tertiary/aromatic N) is 1. The molecule has 4 heteroatoms. The third kappa shape index (κ3) is 4.36. The van der Waals surface area contributed by atoms with Crippen LogP contribution in [0.5, 0.6) is 0 Å². The van der Waals surface area contributed by atoms with Gasteiger partial charge in [-0.1, -0.05) is 12.1 Å². The molecule has 0 unspecified atom stereocenters. The van der Waals surface area contributed by atoms with Gasteiger partial charge in [0.15, 0.2) is 0 Å². The van der Waals surface area contributed by atoms with Crippen LogP contribution in [0.2, 0.25) is 0 Å². The molecule has 1 aromatic rings. The van der Waals surface area contributed by atoms with Gasteiger partial charge in [0.05, 0.1) is 5.60 Å². The number of aliphatic hydroxyl groups is 1. The van der Waals surface area contributed by atoms with Crippen molar-refractivity contribution in [2.75, 3.05) is 13.6 Å². The summed E-state index contributed by atoms with van der Waals surface area (Å²) in [5.41, 5.74) is 0.609. The van der Waals surface area contributed by atoms with Crippen LogP contribution in [0.25, 0.3) is 0 Å². The predicted molar refractivity (Wildman–Crippen MR) is 69.3 cm³/mol. The van der Waals surface area contributed by atoms with Crippen LogP contribution < -0.4 is 0 Å². The van der Waals surface area contributed by atoms with Gasteiger partial charge >= 0.3 is 0 Å². The number of carbonyl (C=O) groups excluding carboxylic acids is 1. The molecular formula is C13H18ClNO2. The van der Waals surface area contributed by atoms with Crippen molar-refractivity contribution in [1.82, 2.24) is 4.90 Å². The Morgan fingerprint density at radius 3 is 2.65 bits per heavy atom. The third-order valence-electron chi connectivity index (χ3n) is 2.30. The van der Waals surface area contributed by atoms with Crippen LogP contribution in [-0.2, 0) is 5.88 Å². The fourth-order valence-electron chi connectivity index (χ4n) is 1.66. The largest absolute Gasteiger partial charge is 0.389 e. The lowest BCUT2D eigenvalue weighted by atomic mass is 10.1. The fraction of sp³-hybridized carbons (Fsp3) is 0.462. The minimum absolute atomic E-state index is 0.112. The molecule has 94 valence electrons. The van der Waals surface area contributed by atoms with Crippen molar-refractivity contribution in [3.8, 4) is 0 Å². The number of halogens is 1. The van der Waals surface area contributed by atoms with Crippen LogP contribution in [0, 0.1) is 0 Å². The highest BCUT2D eigenvalue weighted by Crippen LogP contribution is 2.11. The molecule has 0 aliphatic rings. The first-order valence-corrected chi connectivity index (χ1v) is 6.00. The smallest absolute Gasteiger partial charge is 0.253 e. The lowest BCUT2D eigenvalue weighted by Gasteiger charge is -2.25. The van der Waals surface area contributed by atoms with E-state index < -0.39 is 5.60 Å². The second-order valence-electron chi connectivity index (χ2n) is 4.81. The normalized spacial score (nSPS) is 11.4. The zero-order valence-corrected chi connectivity index (χ0v) is 11.2. The average molecular weight is 256 g/mol. The van der Waals surface area contributed by atoms with Gasteiger partial charge in [-0.15, -0.1) is 11.6 Å². The molecule has 0 heterocycles. The monoisotopic (exact) mass is 255 g/mol. The van der Waals surface area contributed by atoms with Gasteiger partial charge in [0.1, 0.15) is 0 Å². The van der Waals surface area contributed by atoms with E-state index in [4.69, 9.17) is 11.6 Å². The molecule has 1 rings (SSSR count). The summed E-state index contributed by atoms with van der Waals surface area (Å²) < 4.78 is 0. The third-order valence-corrected chi connectivity index (χ3v) is 2.61. The number of hydrogen-bond donors (Lipinski definition) is 1. The summed E-state index contributed by atoms with van der Waals surface area (Å²) in [6.07, 6.45) is 0. The van der Waals surface area contributed by atoms with E-state index in [-0.39, 0.29) is 12.5 Å². The van der Waals surface area contributed by atoms with Gasteiger partial charge in [0, 0.05) is 25.0 Å². The molecule has 0 saturated carbocycles. The zero-order chi connectivity index (χ0) is 13.1. The van der Waals surface area contributed by atoms with Crippen LogP contribution in [0.4, 0.5) is 0 Å². The lowest BCUT2D eigenvalue weighted by Crippen LogP contribution is -2.39. The average Bonchev–Trinajstić information content (AvgIpc) is 2.26. The molecule has 0 aromatic heterocycles. The Morgan fingerprint density at radius 1 is 1.47 bits per heavy atom. The van der Waals surface area contributed by atoms with Crippen molar-refractivity contribution >= 4 is 17.5 Å². The Labute approximate surface area is 107 Å². The maximum Gasteiger partial charge on any atom is 0.253 e. The number of carbonyl (C=O) groups is 1. The highest BCUT2D eigenvalue weighted by atomic mass is 35.5.